The summed E-state index contributed by atoms with van der Waals surface area (Å²) in [5, 5.41) is 3.78. The smallest absolute Gasteiger partial charge is 0.262 e. The fourth-order valence-corrected chi connectivity index (χ4v) is 3.84. The van der Waals surface area contributed by atoms with Gasteiger partial charge in [0.15, 0.2) is 6.61 Å². The van der Waals surface area contributed by atoms with Gasteiger partial charge in [0.25, 0.3) is 15.9 Å². The number of carbonyl (C=O) groups excluding carboxylic acids is 1. The van der Waals surface area contributed by atoms with Gasteiger partial charge in [-0.25, -0.2) is 8.42 Å². The predicted octanol–water partition coefficient (Wildman–Crippen LogP) is 5.47. The minimum atomic E-state index is -3.83. The van der Waals surface area contributed by atoms with Crippen LogP contribution in [-0.2, 0) is 14.8 Å². The first kappa shape index (κ1) is 22.2. The van der Waals surface area contributed by atoms with Crippen molar-refractivity contribution < 1.29 is 17.9 Å². The second-order valence-electron chi connectivity index (χ2n) is 6.05. The zero-order chi connectivity index (χ0) is 21.7. The van der Waals surface area contributed by atoms with Gasteiger partial charge in [0.1, 0.15) is 5.75 Å². The van der Waals surface area contributed by atoms with Gasteiger partial charge < -0.3 is 10.1 Å². The number of rotatable bonds is 7. The molecule has 10 heteroatoms. The minimum absolute atomic E-state index is 0.0199. The van der Waals surface area contributed by atoms with Crippen molar-refractivity contribution in [3.05, 3.63) is 81.8 Å². The summed E-state index contributed by atoms with van der Waals surface area (Å²) < 4.78 is 32.8. The second kappa shape index (κ2) is 9.57. The maximum Gasteiger partial charge on any atom is 0.262 e. The van der Waals surface area contributed by atoms with Crippen molar-refractivity contribution in [2.75, 3.05) is 16.6 Å². The molecule has 1 amide bonds. The van der Waals surface area contributed by atoms with Crippen LogP contribution in [0, 0.1) is 0 Å². The van der Waals surface area contributed by atoms with Crippen LogP contribution < -0.4 is 14.8 Å². The number of hydrogen-bond donors (Lipinski definition) is 2. The van der Waals surface area contributed by atoms with Gasteiger partial charge in [-0.1, -0.05) is 34.8 Å². The van der Waals surface area contributed by atoms with E-state index in [9.17, 15) is 13.2 Å². The maximum absolute atomic E-state index is 12.5. The molecule has 0 aliphatic carbocycles. The summed E-state index contributed by atoms with van der Waals surface area (Å²) in [5.41, 5.74) is 0.867. The lowest BCUT2D eigenvalue weighted by Crippen LogP contribution is -2.20. The van der Waals surface area contributed by atoms with E-state index in [1.165, 1.54) is 42.5 Å². The van der Waals surface area contributed by atoms with Crippen LogP contribution in [0.25, 0.3) is 0 Å². The van der Waals surface area contributed by atoms with Crippen molar-refractivity contribution in [1.82, 2.24) is 0 Å². The topological polar surface area (TPSA) is 84.5 Å². The van der Waals surface area contributed by atoms with E-state index in [4.69, 9.17) is 39.5 Å². The summed E-state index contributed by atoms with van der Waals surface area (Å²) in [6.45, 7) is -0.240. The van der Waals surface area contributed by atoms with Crippen molar-refractivity contribution >= 4 is 62.1 Å². The molecule has 0 unspecified atom stereocenters. The number of sulfonamides is 1. The average Bonchev–Trinajstić information content (AvgIpc) is 2.71. The molecule has 156 valence electrons. The average molecular weight is 486 g/mol. The highest BCUT2D eigenvalue weighted by Crippen LogP contribution is 2.27. The summed E-state index contributed by atoms with van der Waals surface area (Å²) >= 11 is 17.5. The molecule has 0 radical (unpaired) electrons. The highest BCUT2D eigenvalue weighted by Gasteiger charge is 2.15. The number of halogens is 3. The lowest BCUT2D eigenvalue weighted by Gasteiger charge is -2.10. The lowest BCUT2D eigenvalue weighted by molar-refractivity contribution is -0.118. The van der Waals surface area contributed by atoms with Crippen LogP contribution in [0.5, 0.6) is 5.75 Å². The number of carbonyl (C=O) groups is 1. The Bertz CT molecular complexity index is 1150. The molecule has 3 rings (SSSR count). The van der Waals surface area contributed by atoms with E-state index >= 15 is 0 Å². The van der Waals surface area contributed by atoms with E-state index in [0.717, 1.165) is 0 Å². The summed E-state index contributed by atoms with van der Waals surface area (Å²) in [7, 11) is -3.83. The Hall–Kier alpha value is -2.45. The van der Waals surface area contributed by atoms with Crippen molar-refractivity contribution in [2.24, 2.45) is 0 Å². The van der Waals surface area contributed by atoms with Crippen LogP contribution >= 0.6 is 34.8 Å². The Morgan fingerprint density at radius 2 is 1.47 bits per heavy atom. The second-order valence-corrected chi connectivity index (χ2v) is 8.98. The molecule has 0 saturated heterocycles. The molecule has 2 N–H and O–H groups in total. The summed E-state index contributed by atoms with van der Waals surface area (Å²) in [4.78, 5) is 12.0. The first-order chi connectivity index (χ1) is 14.2. The molecular formula is C20H15Cl3N2O4S. The molecule has 3 aromatic carbocycles. The zero-order valence-corrected chi connectivity index (χ0v) is 18.3. The normalized spacial score (nSPS) is 11.0. The molecule has 0 aromatic heterocycles. The summed E-state index contributed by atoms with van der Waals surface area (Å²) in [5.74, 6) is -0.0231. The molecule has 0 aliphatic rings. The van der Waals surface area contributed by atoms with Crippen LogP contribution in [0.15, 0.2) is 71.6 Å². The number of ether oxygens (including phenoxy) is 1. The third kappa shape index (κ3) is 6.03. The van der Waals surface area contributed by atoms with E-state index in [-0.39, 0.29) is 28.1 Å². The SMILES string of the molecule is O=C(COc1ccc(S(=O)(=O)Nc2ccc(Cl)c(Cl)c2)cc1)Nc1ccc(Cl)cc1. The molecular weight excluding hydrogens is 471 g/mol. The van der Waals surface area contributed by atoms with Gasteiger partial charge in [0.05, 0.1) is 20.6 Å². The van der Waals surface area contributed by atoms with Crippen LogP contribution in [-0.4, -0.2) is 20.9 Å². The molecule has 0 spiro atoms. The number of amides is 1. The largest absolute Gasteiger partial charge is 0.484 e. The number of nitrogens with one attached hydrogen (secondary N) is 2. The van der Waals surface area contributed by atoms with E-state index in [1.54, 1.807) is 24.3 Å². The van der Waals surface area contributed by atoms with E-state index < -0.39 is 10.0 Å². The maximum atomic E-state index is 12.5. The molecule has 0 atom stereocenters. The van der Waals surface area contributed by atoms with Crippen molar-refractivity contribution in [1.29, 1.82) is 0 Å². The molecule has 30 heavy (non-hydrogen) atoms. The molecule has 3 aromatic rings. The zero-order valence-electron chi connectivity index (χ0n) is 15.2. The molecule has 0 saturated carbocycles. The molecule has 6 nitrogen and oxygen atoms in total. The fourth-order valence-electron chi connectivity index (χ4n) is 2.37. The fraction of sp³-hybridized carbons (Fsp3) is 0.0500. The Morgan fingerprint density at radius 3 is 2.10 bits per heavy atom. The number of benzene rings is 3. The summed E-state index contributed by atoms with van der Waals surface area (Å²) in [6, 6.07) is 16.7. The standard InChI is InChI=1S/C20H15Cl3N2O4S/c21-13-1-3-14(4-2-13)24-20(26)12-29-16-6-8-17(9-7-16)30(27,28)25-15-5-10-18(22)19(23)11-15/h1-11,25H,12H2,(H,24,26). The Labute approximate surface area is 188 Å². The van der Waals surface area contributed by atoms with Crippen LogP contribution in [0.2, 0.25) is 15.1 Å². The molecule has 0 aliphatic heterocycles. The molecule has 0 fully saturated rings. The Morgan fingerprint density at radius 1 is 0.833 bits per heavy atom. The van der Waals surface area contributed by atoms with E-state index in [2.05, 4.69) is 10.0 Å². The van der Waals surface area contributed by atoms with Gasteiger partial charge in [-0.3, -0.25) is 9.52 Å². The Balaban J connectivity index is 1.58. The minimum Gasteiger partial charge on any atom is -0.484 e. The van der Waals surface area contributed by atoms with Gasteiger partial charge >= 0.3 is 0 Å². The summed E-state index contributed by atoms with van der Waals surface area (Å²) in [6.07, 6.45) is 0. The Kier molecular flexibility index (Phi) is 7.10. The van der Waals surface area contributed by atoms with Crippen LogP contribution in [0.4, 0.5) is 11.4 Å². The number of hydrogen-bond acceptors (Lipinski definition) is 4. The van der Waals surface area contributed by atoms with Crippen molar-refractivity contribution in [3.63, 3.8) is 0 Å². The monoisotopic (exact) mass is 484 g/mol. The highest BCUT2D eigenvalue weighted by atomic mass is 35.5. The molecule has 0 heterocycles. The third-order valence-corrected chi connectivity index (χ3v) is 6.19. The predicted molar refractivity (Wildman–Crippen MR) is 119 cm³/mol. The van der Waals surface area contributed by atoms with Gasteiger partial charge in [-0.15, -0.1) is 0 Å². The van der Waals surface area contributed by atoms with Crippen LogP contribution in [0.1, 0.15) is 0 Å². The molecule has 0 bridgehead atoms. The first-order valence-electron chi connectivity index (χ1n) is 8.49. The lowest BCUT2D eigenvalue weighted by atomic mass is 10.3. The van der Waals surface area contributed by atoms with Gasteiger partial charge in [0, 0.05) is 10.7 Å². The van der Waals surface area contributed by atoms with Gasteiger partial charge in [0.2, 0.25) is 0 Å². The first-order valence-corrected chi connectivity index (χ1v) is 11.1. The van der Waals surface area contributed by atoms with Crippen molar-refractivity contribution in [2.45, 2.75) is 4.90 Å². The van der Waals surface area contributed by atoms with E-state index in [0.29, 0.717) is 21.5 Å². The van der Waals surface area contributed by atoms with Gasteiger partial charge in [-0.05, 0) is 66.7 Å². The third-order valence-electron chi connectivity index (χ3n) is 3.80. The van der Waals surface area contributed by atoms with Crippen LogP contribution in [0.3, 0.4) is 0 Å². The quantitative estimate of drug-likeness (QED) is 0.465. The highest BCUT2D eigenvalue weighted by molar-refractivity contribution is 7.92. The van der Waals surface area contributed by atoms with Crippen molar-refractivity contribution in [3.8, 4) is 5.75 Å². The van der Waals surface area contributed by atoms with E-state index in [1.807, 2.05) is 0 Å². The number of anilines is 2. The van der Waals surface area contributed by atoms with Gasteiger partial charge in [-0.2, -0.15) is 0 Å².